The van der Waals surface area contributed by atoms with E-state index in [1.807, 2.05) is 0 Å². The first-order valence-corrected chi connectivity index (χ1v) is 22.2. The zero-order valence-corrected chi connectivity index (χ0v) is 35.6. The van der Waals surface area contributed by atoms with Crippen LogP contribution >= 0.6 is 0 Å². The summed E-state index contributed by atoms with van der Waals surface area (Å²) in [4.78, 5) is 4.74. The lowest BCUT2D eigenvalue weighted by Gasteiger charge is -2.30. The highest BCUT2D eigenvalue weighted by Gasteiger charge is 2.27. The quantitative estimate of drug-likeness (QED) is 0.144. The van der Waals surface area contributed by atoms with Crippen molar-refractivity contribution in [3.8, 4) is 33.4 Å². The predicted octanol–water partition coefficient (Wildman–Crippen LogP) is 17.8. The second-order valence-electron chi connectivity index (χ2n) is 16.5. The summed E-state index contributed by atoms with van der Waals surface area (Å²) in [5, 5.41) is 6.72. The van der Waals surface area contributed by atoms with Gasteiger partial charge in [0.15, 0.2) is 5.58 Å². The molecule has 1 aromatic heterocycles. The van der Waals surface area contributed by atoms with E-state index in [1.54, 1.807) is 0 Å². The van der Waals surface area contributed by atoms with Gasteiger partial charge in [0.1, 0.15) is 5.58 Å². The highest BCUT2D eigenvalue weighted by molar-refractivity contribution is 6.22. The molecule has 0 aliphatic rings. The maximum Gasteiger partial charge on any atom is 0.161 e. The van der Waals surface area contributed by atoms with Gasteiger partial charge in [0.2, 0.25) is 0 Å². The van der Waals surface area contributed by atoms with E-state index in [9.17, 15) is 0 Å². The van der Waals surface area contributed by atoms with Crippen molar-refractivity contribution < 1.29 is 4.42 Å². The van der Waals surface area contributed by atoms with Crippen molar-refractivity contribution in [3.05, 3.63) is 255 Å². The van der Waals surface area contributed by atoms with Crippen molar-refractivity contribution in [1.29, 1.82) is 0 Å². The van der Waals surface area contributed by atoms with Gasteiger partial charge in [0, 0.05) is 33.5 Å². The third kappa shape index (κ3) is 6.78. The number of rotatable bonds is 9. The Kier molecular flexibility index (Phi) is 9.50. The van der Waals surface area contributed by atoms with Crippen LogP contribution in [0, 0.1) is 0 Å². The second kappa shape index (κ2) is 16.2. The molecule has 0 saturated carbocycles. The average molecular weight is 831 g/mol. The summed E-state index contributed by atoms with van der Waals surface area (Å²) in [5.74, 6) is 0. The van der Waals surface area contributed by atoms with Crippen LogP contribution in [0.4, 0.5) is 34.1 Å². The van der Waals surface area contributed by atoms with E-state index in [-0.39, 0.29) is 0 Å². The minimum absolute atomic E-state index is 0.802. The third-order valence-electron chi connectivity index (χ3n) is 12.6. The molecule has 0 N–H and O–H groups in total. The van der Waals surface area contributed by atoms with Crippen molar-refractivity contribution in [2.75, 3.05) is 9.80 Å². The fourth-order valence-electron chi connectivity index (χ4n) is 9.63. The topological polar surface area (TPSA) is 19.6 Å². The molecule has 1 heterocycles. The van der Waals surface area contributed by atoms with Gasteiger partial charge in [-0.2, -0.15) is 0 Å². The summed E-state index contributed by atoms with van der Waals surface area (Å²) in [6, 6.07) is 91.2. The molecular formula is C62H42N2O. The smallest absolute Gasteiger partial charge is 0.161 e. The molecule has 0 saturated heterocycles. The van der Waals surface area contributed by atoms with Crippen LogP contribution in [0.25, 0.3) is 76.9 Å². The summed E-state index contributed by atoms with van der Waals surface area (Å²) in [6.07, 6.45) is 0. The van der Waals surface area contributed by atoms with Gasteiger partial charge in [-0.15, -0.1) is 0 Å². The van der Waals surface area contributed by atoms with Crippen LogP contribution in [0.1, 0.15) is 0 Å². The number of fused-ring (bicyclic) bond motifs is 6. The molecule has 12 rings (SSSR count). The molecule has 0 amide bonds. The Labute approximate surface area is 378 Å². The Morgan fingerprint density at radius 1 is 0.262 bits per heavy atom. The molecule has 0 radical (unpaired) electrons. The normalized spacial score (nSPS) is 11.4. The van der Waals surface area contributed by atoms with Crippen molar-refractivity contribution >= 4 is 77.6 Å². The van der Waals surface area contributed by atoms with Crippen LogP contribution in [0.3, 0.4) is 0 Å². The first kappa shape index (κ1) is 38.0. The molecule has 0 unspecified atom stereocenters. The number of anilines is 6. The van der Waals surface area contributed by atoms with Gasteiger partial charge in [0.25, 0.3) is 0 Å². The van der Waals surface area contributed by atoms with Crippen LogP contribution < -0.4 is 9.80 Å². The highest BCUT2D eigenvalue weighted by Crippen LogP contribution is 2.51. The zero-order chi connectivity index (χ0) is 43.1. The largest absolute Gasteiger partial charge is 0.453 e. The number of nitrogens with zero attached hydrogens (tertiary/aromatic N) is 2. The Balaban J connectivity index is 1.15. The highest BCUT2D eigenvalue weighted by atomic mass is 16.3. The lowest BCUT2D eigenvalue weighted by Crippen LogP contribution is -2.13. The molecule has 65 heavy (non-hydrogen) atoms. The van der Waals surface area contributed by atoms with Crippen molar-refractivity contribution in [1.82, 2.24) is 0 Å². The first-order valence-electron chi connectivity index (χ1n) is 22.2. The SMILES string of the molecule is c1ccc(-c2cccc(N(c3ccccc3)c3ccc(N(c4ccccc4)c4ccc(-c5ccccc5)c(-c5cccc6ccccc56)c4)c4oc5c6ccccc6ccc5c34)c2)cc1. The number of benzene rings is 11. The first-order chi connectivity index (χ1) is 32.3. The standard InChI is InChI=1S/C62H42N2O/c1-5-19-43(20-6-1)47-26-17-31-50(41-47)63(48-27-9-3-10-28-48)58-39-40-59(62-60(58)56-37-35-46-24-14-16-33-54(46)61(56)65-62)64(49-29-11-4-12-30-49)51-36-38-53(44-21-7-2-8-22-44)57(42-51)55-34-18-25-45-23-13-15-32-52(45)55/h1-42H. The maximum atomic E-state index is 7.37. The Bertz CT molecular complexity index is 3650. The van der Waals surface area contributed by atoms with Crippen LogP contribution in [0.5, 0.6) is 0 Å². The van der Waals surface area contributed by atoms with Gasteiger partial charge >= 0.3 is 0 Å². The fourth-order valence-corrected chi connectivity index (χ4v) is 9.63. The van der Waals surface area contributed by atoms with Gasteiger partial charge in [-0.1, -0.05) is 188 Å². The predicted molar refractivity (Wildman–Crippen MR) is 274 cm³/mol. The molecule has 0 spiro atoms. The number of hydrogen-bond acceptors (Lipinski definition) is 3. The molecule has 12 aromatic rings. The van der Waals surface area contributed by atoms with E-state index < -0.39 is 0 Å². The van der Waals surface area contributed by atoms with Crippen molar-refractivity contribution in [2.45, 2.75) is 0 Å². The molecule has 3 heteroatoms. The minimum atomic E-state index is 0.802. The summed E-state index contributed by atoms with van der Waals surface area (Å²) in [7, 11) is 0. The molecule has 11 aromatic carbocycles. The van der Waals surface area contributed by atoms with Gasteiger partial charge < -0.3 is 14.2 Å². The van der Waals surface area contributed by atoms with Crippen LogP contribution in [-0.2, 0) is 0 Å². The maximum absolute atomic E-state index is 7.37. The Morgan fingerprint density at radius 2 is 0.785 bits per heavy atom. The Morgan fingerprint density at radius 3 is 1.51 bits per heavy atom. The van der Waals surface area contributed by atoms with Gasteiger partial charge in [0.05, 0.1) is 16.8 Å². The van der Waals surface area contributed by atoms with Gasteiger partial charge in [-0.25, -0.2) is 0 Å². The zero-order valence-electron chi connectivity index (χ0n) is 35.6. The van der Waals surface area contributed by atoms with Crippen molar-refractivity contribution in [3.63, 3.8) is 0 Å². The van der Waals surface area contributed by atoms with Gasteiger partial charge in [-0.05, 0) is 116 Å². The number of para-hydroxylation sites is 2. The third-order valence-corrected chi connectivity index (χ3v) is 12.6. The molecule has 0 aliphatic carbocycles. The van der Waals surface area contributed by atoms with E-state index in [0.29, 0.717) is 0 Å². The molecule has 306 valence electrons. The lowest BCUT2D eigenvalue weighted by atomic mass is 9.90. The molecular weight excluding hydrogens is 789 g/mol. The summed E-state index contributed by atoms with van der Waals surface area (Å²) in [5.41, 5.74) is 14.8. The van der Waals surface area contributed by atoms with Crippen LogP contribution in [-0.4, -0.2) is 0 Å². The van der Waals surface area contributed by atoms with Gasteiger partial charge in [-0.3, -0.25) is 0 Å². The molecule has 0 fully saturated rings. The summed E-state index contributed by atoms with van der Waals surface area (Å²) in [6.45, 7) is 0. The minimum Gasteiger partial charge on any atom is -0.453 e. The van der Waals surface area contributed by atoms with Crippen LogP contribution in [0.2, 0.25) is 0 Å². The fraction of sp³-hybridized carbons (Fsp3) is 0. The summed E-state index contributed by atoms with van der Waals surface area (Å²) < 4.78 is 7.37. The molecule has 0 atom stereocenters. The second-order valence-corrected chi connectivity index (χ2v) is 16.5. The number of furan rings is 1. The van der Waals surface area contributed by atoms with E-state index in [1.165, 1.54) is 33.0 Å². The summed E-state index contributed by atoms with van der Waals surface area (Å²) >= 11 is 0. The molecule has 3 nitrogen and oxygen atoms in total. The number of hydrogen-bond donors (Lipinski definition) is 0. The molecule has 0 aliphatic heterocycles. The van der Waals surface area contributed by atoms with E-state index >= 15 is 0 Å². The van der Waals surface area contributed by atoms with E-state index in [4.69, 9.17) is 4.42 Å². The van der Waals surface area contributed by atoms with E-state index in [2.05, 4.69) is 265 Å². The monoisotopic (exact) mass is 830 g/mol. The lowest BCUT2D eigenvalue weighted by molar-refractivity contribution is 0.673. The Hall–Kier alpha value is -8.66. The molecule has 0 bridgehead atoms. The van der Waals surface area contributed by atoms with Crippen molar-refractivity contribution in [2.24, 2.45) is 0 Å². The average Bonchev–Trinajstić information content (AvgIpc) is 3.79. The van der Waals surface area contributed by atoms with E-state index in [0.717, 1.165) is 78.0 Å². The van der Waals surface area contributed by atoms with Crippen LogP contribution in [0.15, 0.2) is 259 Å².